The largest absolute Gasteiger partial charge is 0.383 e. The zero-order valence-corrected chi connectivity index (χ0v) is 16.5. The van der Waals surface area contributed by atoms with Crippen LogP contribution in [0.2, 0.25) is 0 Å². The number of nitrogens with one attached hydrogen (secondary N) is 1. The maximum atomic E-state index is 13.6. The van der Waals surface area contributed by atoms with E-state index in [1.165, 1.54) is 4.90 Å². The van der Waals surface area contributed by atoms with Gasteiger partial charge >= 0.3 is 0 Å². The van der Waals surface area contributed by atoms with Crippen LogP contribution in [0.3, 0.4) is 0 Å². The number of benzene rings is 2. The van der Waals surface area contributed by atoms with Crippen molar-refractivity contribution in [1.29, 1.82) is 0 Å². The highest BCUT2D eigenvalue weighted by Gasteiger charge is 2.40. The van der Waals surface area contributed by atoms with E-state index in [1.807, 2.05) is 30.5 Å². The van der Waals surface area contributed by atoms with Crippen LogP contribution in [0, 0.1) is 0 Å². The van der Waals surface area contributed by atoms with Gasteiger partial charge in [-0.3, -0.25) is 9.89 Å². The number of carbonyl (C=O) groups is 1. The Labute approximate surface area is 176 Å². The standard InChI is InChI=1S/C23H19F2N5O/c24-23(25)7-8-30(13-23)22(31)16-5-6-18-19(9-16)20(12-27-21(18)26)15-3-1-14(2-4-15)17-10-28-29-11-17/h1-6,9-12H,7-8,13H2,(H2,26,27)(H,28,29). The fourth-order valence-corrected chi connectivity index (χ4v) is 3.97. The Morgan fingerprint density at radius 2 is 1.81 bits per heavy atom. The van der Waals surface area contributed by atoms with Crippen LogP contribution in [0.1, 0.15) is 16.8 Å². The quantitative estimate of drug-likeness (QED) is 0.517. The number of hydrogen-bond donors (Lipinski definition) is 2. The first kappa shape index (κ1) is 19.2. The number of aromatic nitrogens is 3. The summed E-state index contributed by atoms with van der Waals surface area (Å²) in [6, 6.07) is 12.9. The van der Waals surface area contributed by atoms with Gasteiger partial charge in [-0.2, -0.15) is 5.10 Å². The summed E-state index contributed by atoms with van der Waals surface area (Å²) in [4.78, 5) is 18.3. The molecule has 8 heteroatoms. The molecule has 0 saturated carbocycles. The van der Waals surface area contributed by atoms with Gasteiger partial charge in [-0.25, -0.2) is 13.8 Å². The second-order valence-corrected chi connectivity index (χ2v) is 7.71. The zero-order valence-electron chi connectivity index (χ0n) is 16.5. The van der Waals surface area contributed by atoms with E-state index in [1.54, 1.807) is 30.6 Å². The Kier molecular flexibility index (Phi) is 4.43. The number of aromatic amines is 1. The lowest BCUT2D eigenvalue weighted by atomic mass is 9.97. The summed E-state index contributed by atoms with van der Waals surface area (Å²) in [5, 5.41) is 8.22. The number of alkyl halides is 2. The Morgan fingerprint density at radius 3 is 2.48 bits per heavy atom. The number of nitrogens with zero attached hydrogens (tertiary/aromatic N) is 3. The molecule has 156 valence electrons. The first-order valence-corrected chi connectivity index (χ1v) is 9.86. The maximum Gasteiger partial charge on any atom is 0.267 e. The number of halogens is 2. The highest BCUT2D eigenvalue weighted by molar-refractivity contribution is 6.06. The highest BCUT2D eigenvalue weighted by Crippen LogP contribution is 2.34. The summed E-state index contributed by atoms with van der Waals surface area (Å²) in [6.07, 6.45) is 4.92. The van der Waals surface area contributed by atoms with Gasteiger partial charge in [-0.1, -0.05) is 24.3 Å². The van der Waals surface area contributed by atoms with Crippen molar-refractivity contribution in [2.45, 2.75) is 12.3 Å². The van der Waals surface area contributed by atoms with Crippen LogP contribution in [0.15, 0.2) is 61.1 Å². The van der Waals surface area contributed by atoms with Gasteiger partial charge in [0.15, 0.2) is 0 Å². The summed E-state index contributed by atoms with van der Waals surface area (Å²) in [6.45, 7) is -0.505. The van der Waals surface area contributed by atoms with E-state index in [4.69, 9.17) is 5.73 Å². The van der Waals surface area contributed by atoms with Gasteiger partial charge in [-0.15, -0.1) is 0 Å². The molecular formula is C23H19F2N5O. The number of amides is 1. The first-order chi connectivity index (χ1) is 14.9. The molecule has 3 N–H and O–H groups in total. The average Bonchev–Trinajstić information content (AvgIpc) is 3.43. The van der Waals surface area contributed by atoms with Gasteiger partial charge in [0.1, 0.15) is 5.82 Å². The molecule has 5 rings (SSSR count). The van der Waals surface area contributed by atoms with E-state index in [-0.39, 0.29) is 13.0 Å². The second-order valence-electron chi connectivity index (χ2n) is 7.71. The van der Waals surface area contributed by atoms with E-state index in [0.717, 1.165) is 27.6 Å². The molecule has 4 aromatic rings. The van der Waals surface area contributed by atoms with Crippen molar-refractivity contribution >= 4 is 22.5 Å². The van der Waals surface area contributed by atoms with Gasteiger partial charge in [-0.05, 0) is 34.7 Å². The van der Waals surface area contributed by atoms with Crippen LogP contribution in [-0.4, -0.2) is 45.0 Å². The van der Waals surface area contributed by atoms with Gasteiger partial charge in [0, 0.05) is 47.4 Å². The molecule has 0 atom stereocenters. The van der Waals surface area contributed by atoms with Crippen molar-refractivity contribution in [3.8, 4) is 22.3 Å². The minimum absolute atomic E-state index is 0.0463. The predicted octanol–water partition coefficient (Wildman–Crippen LogP) is 4.36. The third-order valence-corrected chi connectivity index (χ3v) is 5.65. The van der Waals surface area contributed by atoms with Gasteiger partial charge in [0.2, 0.25) is 0 Å². The van der Waals surface area contributed by atoms with E-state index in [0.29, 0.717) is 16.8 Å². The third kappa shape index (κ3) is 3.50. The Balaban J connectivity index is 1.55. The number of carbonyl (C=O) groups excluding carboxylic acids is 1. The number of fused-ring (bicyclic) bond motifs is 1. The predicted molar refractivity (Wildman–Crippen MR) is 115 cm³/mol. The number of nitrogen functional groups attached to an aromatic ring is 1. The smallest absolute Gasteiger partial charge is 0.267 e. The van der Waals surface area contributed by atoms with Crippen molar-refractivity contribution in [2.75, 3.05) is 18.8 Å². The van der Waals surface area contributed by atoms with Gasteiger partial charge in [0.05, 0.1) is 12.7 Å². The summed E-state index contributed by atoms with van der Waals surface area (Å²) in [5.41, 5.74) is 10.1. The highest BCUT2D eigenvalue weighted by atomic mass is 19.3. The minimum atomic E-state index is -2.83. The number of hydrogen-bond acceptors (Lipinski definition) is 4. The molecule has 0 unspecified atom stereocenters. The molecular weight excluding hydrogens is 400 g/mol. The molecule has 1 saturated heterocycles. The Morgan fingerprint density at radius 1 is 1.03 bits per heavy atom. The van der Waals surface area contributed by atoms with Gasteiger partial charge in [0.25, 0.3) is 11.8 Å². The van der Waals surface area contributed by atoms with Crippen molar-refractivity contribution in [2.24, 2.45) is 0 Å². The number of H-pyrrole nitrogens is 1. The fraction of sp³-hybridized carbons (Fsp3) is 0.174. The lowest BCUT2D eigenvalue weighted by molar-refractivity contribution is 0.0120. The average molecular weight is 419 g/mol. The third-order valence-electron chi connectivity index (χ3n) is 5.65. The first-order valence-electron chi connectivity index (χ1n) is 9.86. The molecule has 2 aromatic carbocycles. The minimum Gasteiger partial charge on any atom is -0.383 e. The molecule has 0 radical (unpaired) electrons. The molecule has 1 amide bonds. The van der Waals surface area contributed by atoms with Crippen molar-refractivity contribution < 1.29 is 13.6 Å². The summed E-state index contributed by atoms with van der Waals surface area (Å²) in [7, 11) is 0. The van der Waals surface area contributed by atoms with E-state index in [9.17, 15) is 13.6 Å². The van der Waals surface area contributed by atoms with Crippen LogP contribution < -0.4 is 5.73 Å². The van der Waals surface area contributed by atoms with Crippen LogP contribution in [0.25, 0.3) is 33.0 Å². The fourth-order valence-electron chi connectivity index (χ4n) is 3.97. The number of nitrogens with two attached hydrogens (primary N) is 1. The van der Waals surface area contributed by atoms with Gasteiger partial charge < -0.3 is 10.6 Å². The normalized spacial score (nSPS) is 15.5. The summed E-state index contributed by atoms with van der Waals surface area (Å²) < 4.78 is 27.1. The van der Waals surface area contributed by atoms with Crippen LogP contribution in [0.5, 0.6) is 0 Å². The zero-order chi connectivity index (χ0) is 21.6. The molecule has 1 aliphatic heterocycles. The molecule has 1 aliphatic rings. The lowest BCUT2D eigenvalue weighted by Crippen LogP contribution is -2.31. The van der Waals surface area contributed by atoms with Crippen molar-refractivity contribution in [3.63, 3.8) is 0 Å². The second kappa shape index (κ2) is 7.16. The summed E-state index contributed by atoms with van der Waals surface area (Å²) >= 11 is 0. The van der Waals surface area contributed by atoms with E-state index >= 15 is 0 Å². The summed E-state index contributed by atoms with van der Waals surface area (Å²) in [5.74, 6) is -2.89. The van der Waals surface area contributed by atoms with E-state index in [2.05, 4.69) is 15.2 Å². The van der Waals surface area contributed by atoms with Crippen molar-refractivity contribution in [1.82, 2.24) is 20.1 Å². The maximum absolute atomic E-state index is 13.6. The van der Waals surface area contributed by atoms with Crippen LogP contribution >= 0.6 is 0 Å². The number of likely N-dealkylation sites (tertiary alicyclic amines) is 1. The van der Waals surface area contributed by atoms with Crippen molar-refractivity contribution in [3.05, 3.63) is 66.6 Å². The molecule has 6 nitrogen and oxygen atoms in total. The van der Waals surface area contributed by atoms with Crippen LogP contribution in [0.4, 0.5) is 14.6 Å². The Bertz CT molecular complexity index is 1270. The monoisotopic (exact) mass is 419 g/mol. The molecule has 0 spiro atoms. The molecule has 3 heterocycles. The molecule has 0 bridgehead atoms. The number of anilines is 1. The van der Waals surface area contributed by atoms with E-state index < -0.39 is 18.4 Å². The molecule has 0 aliphatic carbocycles. The number of rotatable bonds is 3. The molecule has 1 fully saturated rings. The van der Waals surface area contributed by atoms with Crippen LogP contribution in [-0.2, 0) is 0 Å². The number of pyridine rings is 1. The Hall–Kier alpha value is -3.81. The molecule has 31 heavy (non-hydrogen) atoms. The SMILES string of the molecule is Nc1ncc(-c2ccc(-c3cn[nH]c3)cc2)c2cc(C(=O)N3CCC(F)(F)C3)ccc12. The molecule has 2 aromatic heterocycles. The topological polar surface area (TPSA) is 87.9 Å². The lowest BCUT2D eigenvalue weighted by Gasteiger charge is -2.17.